The van der Waals surface area contributed by atoms with Crippen LogP contribution in [0.2, 0.25) is 0 Å². The Morgan fingerprint density at radius 1 is 1.33 bits per heavy atom. The quantitative estimate of drug-likeness (QED) is 0.686. The number of carboxylic acids is 1. The number of ketones is 1. The van der Waals surface area contributed by atoms with E-state index in [1.165, 1.54) is 0 Å². The molecule has 0 spiro atoms. The molecular formula is C9H16O3. The number of carboxylic acid groups (broad SMARTS) is 1. The van der Waals surface area contributed by atoms with Crippen molar-refractivity contribution < 1.29 is 14.7 Å². The van der Waals surface area contributed by atoms with Crippen LogP contribution in [-0.2, 0) is 9.59 Å². The predicted octanol–water partition coefficient (Wildman–Crippen LogP) is 1.71. The Bertz CT molecular complexity index is 173. The number of Topliss-reactive ketones (excluding diaryl/α,β-unsaturated/α-hetero) is 1. The fourth-order valence-corrected chi connectivity index (χ4v) is 1.17. The molecule has 0 saturated carbocycles. The summed E-state index contributed by atoms with van der Waals surface area (Å²) in [4.78, 5) is 21.6. The van der Waals surface area contributed by atoms with Crippen LogP contribution in [0.3, 0.4) is 0 Å². The maximum atomic E-state index is 11.2. The summed E-state index contributed by atoms with van der Waals surface area (Å²) in [6.45, 7) is 5.52. The first-order chi connectivity index (χ1) is 5.49. The van der Waals surface area contributed by atoms with E-state index in [2.05, 4.69) is 0 Å². The van der Waals surface area contributed by atoms with Crippen LogP contribution < -0.4 is 0 Å². The normalized spacial score (nSPS) is 13.0. The van der Waals surface area contributed by atoms with Gasteiger partial charge in [-0.3, -0.25) is 9.59 Å². The summed E-state index contributed by atoms with van der Waals surface area (Å²) >= 11 is 0. The lowest BCUT2D eigenvalue weighted by Gasteiger charge is -2.16. The number of hydrogen-bond donors (Lipinski definition) is 1. The van der Waals surface area contributed by atoms with Crippen molar-refractivity contribution in [2.45, 2.75) is 33.6 Å². The molecule has 0 saturated heterocycles. The molecule has 1 atom stereocenters. The molecule has 1 N–H and O–H groups in total. The Kier molecular flexibility index (Phi) is 4.55. The molecule has 0 heterocycles. The molecule has 0 aliphatic carbocycles. The van der Waals surface area contributed by atoms with Crippen molar-refractivity contribution in [3.8, 4) is 0 Å². The van der Waals surface area contributed by atoms with E-state index >= 15 is 0 Å². The molecule has 0 aromatic heterocycles. The van der Waals surface area contributed by atoms with E-state index in [0.29, 0.717) is 6.42 Å². The van der Waals surface area contributed by atoms with Gasteiger partial charge >= 0.3 is 5.97 Å². The smallest absolute Gasteiger partial charge is 0.304 e. The first-order valence-electron chi connectivity index (χ1n) is 4.23. The Morgan fingerprint density at radius 3 is 2.08 bits per heavy atom. The molecular weight excluding hydrogens is 156 g/mol. The second-order valence-corrected chi connectivity index (χ2v) is 3.27. The van der Waals surface area contributed by atoms with E-state index in [1.54, 1.807) is 6.92 Å². The Labute approximate surface area is 72.8 Å². The van der Waals surface area contributed by atoms with Crippen molar-refractivity contribution in [1.82, 2.24) is 0 Å². The van der Waals surface area contributed by atoms with E-state index in [4.69, 9.17) is 5.11 Å². The highest BCUT2D eigenvalue weighted by Crippen LogP contribution is 2.17. The highest BCUT2D eigenvalue weighted by Gasteiger charge is 2.22. The largest absolute Gasteiger partial charge is 0.481 e. The molecule has 0 amide bonds. The third-order valence-corrected chi connectivity index (χ3v) is 1.96. The monoisotopic (exact) mass is 172 g/mol. The van der Waals surface area contributed by atoms with Crippen LogP contribution in [-0.4, -0.2) is 16.9 Å². The number of carbonyl (C=O) groups is 2. The topological polar surface area (TPSA) is 54.4 Å². The minimum atomic E-state index is -0.893. The third-order valence-electron chi connectivity index (χ3n) is 1.96. The summed E-state index contributed by atoms with van der Waals surface area (Å²) in [5.74, 6) is -1.04. The fourth-order valence-electron chi connectivity index (χ4n) is 1.17. The van der Waals surface area contributed by atoms with Crippen LogP contribution in [0.4, 0.5) is 0 Å². The SMILES string of the molecule is CCC(=O)C(CC(=O)O)C(C)C. The van der Waals surface area contributed by atoms with Crippen LogP contribution >= 0.6 is 0 Å². The first kappa shape index (κ1) is 11.1. The van der Waals surface area contributed by atoms with Crippen molar-refractivity contribution in [1.29, 1.82) is 0 Å². The predicted molar refractivity (Wildman–Crippen MR) is 45.9 cm³/mol. The van der Waals surface area contributed by atoms with Crippen LogP contribution in [0, 0.1) is 11.8 Å². The summed E-state index contributed by atoms with van der Waals surface area (Å²) in [6, 6.07) is 0. The van der Waals surface area contributed by atoms with Crippen molar-refractivity contribution in [3.05, 3.63) is 0 Å². The summed E-state index contributed by atoms with van der Waals surface area (Å²) in [5, 5.41) is 8.52. The molecule has 0 aromatic carbocycles. The highest BCUT2D eigenvalue weighted by molar-refractivity contribution is 5.84. The zero-order valence-electron chi connectivity index (χ0n) is 7.83. The van der Waals surface area contributed by atoms with Gasteiger partial charge in [-0.05, 0) is 5.92 Å². The number of aliphatic carboxylic acids is 1. The van der Waals surface area contributed by atoms with Gasteiger partial charge < -0.3 is 5.11 Å². The second-order valence-electron chi connectivity index (χ2n) is 3.27. The summed E-state index contributed by atoms with van der Waals surface area (Å²) in [6.07, 6.45) is 0.389. The van der Waals surface area contributed by atoms with Gasteiger partial charge in [-0.1, -0.05) is 20.8 Å². The summed E-state index contributed by atoms with van der Waals surface area (Å²) < 4.78 is 0. The molecule has 3 nitrogen and oxygen atoms in total. The lowest BCUT2D eigenvalue weighted by Crippen LogP contribution is -2.22. The van der Waals surface area contributed by atoms with Gasteiger partial charge in [0, 0.05) is 12.3 Å². The minimum absolute atomic E-state index is 0.0374. The van der Waals surface area contributed by atoms with Crippen LogP contribution in [0.15, 0.2) is 0 Å². The van der Waals surface area contributed by atoms with Gasteiger partial charge in [0.1, 0.15) is 5.78 Å². The molecule has 0 fully saturated rings. The second kappa shape index (κ2) is 4.91. The van der Waals surface area contributed by atoms with Crippen molar-refractivity contribution >= 4 is 11.8 Å². The molecule has 0 rings (SSSR count). The van der Waals surface area contributed by atoms with Crippen LogP contribution in [0.5, 0.6) is 0 Å². The molecule has 3 heteroatoms. The average Bonchev–Trinajstić information content (AvgIpc) is 1.98. The Morgan fingerprint density at radius 2 is 1.83 bits per heavy atom. The Balaban J connectivity index is 4.23. The summed E-state index contributed by atoms with van der Waals surface area (Å²) in [5.41, 5.74) is 0. The van der Waals surface area contributed by atoms with E-state index in [9.17, 15) is 9.59 Å². The molecule has 12 heavy (non-hydrogen) atoms. The molecule has 70 valence electrons. The molecule has 1 unspecified atom stereocenters. The lowest BCUT2D eigenvalue weighted by atomic mass is 9.87. The van der Waals surface area contributed by atoms with E-state index < -0.39 is 5.97 Å². The zero-order chi connectivity index (χ0) is 9.72. The van der Waals surface area contributed by atoms with Gasteiger partial charge in [0.2, 0.25) is 0 Å². The average molecular weight is 172 g/mol. The number of hydrogen-bond acceptors (Lipinski definition) is 2. The van der Waals surface area contributed by atoms with Gasteiger partial charge in [0.15, 0.2) is 0 Å². The fraction of sp³-hybridized carbons (Fsp3) is 0.778. The molecule has 0 aliphatic heterocycles. The Hall–Kier alpha value is -0.860. The molecule has 0 aliphatic rings. The van der Waals surface area contributed by atoms with Crippen LogP contribution in [0.1, 0.15) is 33.6 Å². The zero-order valence-corrected chi connectivity index (χ0v) is 7.83. The lowest BCUT2D eigenvalue weighted by molar-refractivity contribution is -0.141. The molecule has 0 bridgehead atoms. The van der Waals surface area contributed by atoms with Gasteiger partial charge in [-0.15, -0.1) is 0 Å². The van der Waals surface area contributed by atoms with Crippen molar-refractivity contribution in [2.75, 3.05) is 0 Å². The van der Waals surface area contributed by atoms with Crippen LogP contribution in [0.25, 0.3) is 0 Å². The van der Waals surface area contributed by atoms with Gasteiger partial charge in [0.25, 0.3) is 0 Å². The van der Waals surface area contributed by atoms with E-state index in [0.717, 1.165) is 0 Å². The maximum absolute atomic E-state index is 11.2. The van der Waals surface area contributed by atoms with Gasteiger partial charge in [0.05, 0.1) is 6.42 Å². The van der Waals surface area contributed by atoms with E-state index in [1.807, 2.05) is 13.8 Å². The third kappa shape index (κ3) is 3.51. The molecule has 0 radical (unpaired) electrons. The highest BCUT2D eigenvalue weighted by atomic mass is 16.4. The minimum Gasteiger partial charge on any atom is -0.481 e. The standard InChI is InChI=1S/C9H16O3/c1-4-8(10)7(6(2)3)5-9(11)12/h6-7H,4-5H2,1-3H3,(H,11,12). The number of carbonyl (C=O) groups excluding carboxylic acids is 1. The molecule has 0 aromatic rings. The van der Waals surface area contributed by atoms with E-state index in [-0.39, 0.29) is 24.0 Å². The number of rotatable bonds is 5. The summed E-state index contributed by atoms with van der Waals surface area (Å²) in [7, 11) is 0. The van der Waals surface area contributed by atoms with Gasteiger partial charge in [-0.2, -0.15) is 0 Å². The first-order valence-corrected chi connectivity index (χ1v) is 4.23. The maximum Gasteiger partial charge on any atom is 0.304 e. The van der Waals surface area contributed by atoms with Crippen molar-refractivity contribution in [3.63, 3.8) is 0 Å². The van der Waals surface area contributed by atoms with Gasteiger partial charge in [-0.25, -0.2) is 0 Å². The van der Waals surface area contributed by atoms with Crippen molar-refractivity contribution in [2.24, 2.45) is 11.8 Å².